The van der Waals surface area contributed by atoms with Crippen LogP contribution in [0.25, 0.3) is 6.08 Å². The highest BCUT2D eigenvalue weighted by Gasteiger charge is 2.25. The summed E-state index contributed by atoms with van der Waals surface area (Å²) < 4.78 is 21.0. The lowest BCUT2D eigenvalue weighted by Gasteiger charge is -2.08. The first-order chi connectivity index (χ1) is 12.5. The van der Waals surface area contributed by atoms with Crippen LogP contribution in [0.4, 0.5) is 0 Å². The topological polar surface area (TPSA) is 66.3 Å². The minimum atomic E-state index is -0.497. The third kappa shape index (κ3) is 3.39. The molecule has 0 saturated heterocycles. The van der Waals surface area contributed by atoms with Gasteiger partial charge in [-0.05, 0) is 54.5 Å². The van der Waals surface area contributed by atoms with Gasteiger partial charge in [0.25, 0.3) is 0 Å². The van der Waals surface area contributed by atoms with Gasteiger partial charge in [0.1, 0.15) is 5.75 Å². The van der Waals surface area contributed by atoms with E-state index in [1.807, 2.05) is 25.1 Å². The summed E-state index contributed by atoms with van der Waals surface area (Å²) in [5.74, 6) is 1.64. The van der Waals surface area contributed by atoms with Crippen molar-refractivity contribution in [2.24, 2.45) is 4.99 Å². The summed E-state index contributed by atoms with van der Waals surface area (Å²) in [6.07, 6.45) is 1.68. The van der Waals surface area contributed by atoms with Gasteiger partial charge in [0.15, 0.2) is 17.2 Å². The SMILES string of the molecule is COc1ccc(/C=C2/N=C(c3ccc(OC)c(OC)c3)OC2=O)cc1C. The first kappa shape index (κ1) is 17.5. The minimum Gasteiger partial charge on any atom is -0.496 e. The standard InChI is InChI=1S/C20H19NO5/c1-12-9-13(5-7-16(12)23-2)10-15-20(22)26-19(21-15)14-6-8-17(24-3)18(11-14)25-4/h5-11H,1-4H3/b15-10+. The van der Waals surface area contributed by atoms with Gasteiger partial charge in [-0.2, -0.15) is 0 Å². The van der Waals surface area contributed by atoms with Crippen LogP contribution < -0.4 is 14.2 Å². The Kier molecular flexibility index (Phi) is 4.93. The van der Waals surface area contributed by atoms with Crippen LogP contribution in [0.15, 0.2) is 47.1 Å². The van der Waals surface area contributed by atoms with Gasteiger partial charge in [-0.15, -0.1) is 0 Å². The molecule has 0 unspecified atom stereocenters. The molecule has 0 aromatic heterocycles. The monoisotopic (exact) mass is 353 g/mol. The van der Waals surface area contributed by atoms with E-state index in [2.05, 4.69) is 4.99 Å². The van der Waals surface area contributed by atoms with Crippen LogP contribution in [0, 0.1) is 6.92 Å². The first-order valence-electron chi connectivity index (χ1n) is 7.95. The second kappa shape index (κ2) is 7.31. The second-order valence-corrected chi connectivity index (χ2v) is 5.63. The number of hydrogen-bond acceptors (Lipinski definition) is 6. The average Bonchev–Trinajstić information content (AvgIpc) is 3.01. The number of benzene rings is 2. The number of esters is 1. The average molecular weight is 353 g/mol. The maximum Gasteiger partial charge on any atom is 0.363 e. The van der Waals surface area contributed by atoms with Crippen molar-refractivity contribution in [2.75, 3.05) is 21.3 Å². The maximum atomic E-state index is 12.2. The smallest absolute Gasteiger partial charge is 0.363 e. The molecule has 0 saturated carbocycles. The van der Waals surface area contributed by atoms with Crippen molar-refractivity contribution in [3.05, 3.63) is 58.8 Å². The largest absolute Gasteiger partial charge is 0.496 e. The highest BCUT2D eigenvalue weighted by molar-refractivity contribution is 6.13. The van der Waals surface area contributed by atoms with Crippen LogP contribution in [0.2, 0.25) is 0 Å². The summed E-state index contributed by atoms with van der Waals surface area (Å²) in [4.78, 5) is 16.5. The fourth-order valence-electron chi connectivity index (χ4n) is 2.65. The Labute approximate surface area is 151 Å². The number of methoxy groups -OCH3 is 3. The van der Waals surface area contributed by atoms with Crippen LogP contribution in [0.3, 0.4) is 0 Å². The minimum absolute atomic E-state index is 0.229. The molecule has 6 heteroatoms. The summed E-state index contributed by atoms with van der Waals surface area (Å²) in [5, 5.41) is 0. The van der Waals surface area contributed by atoms with E-state index in [0.717, 1.165) is 16.9 Å². The van der Waals surface area contributed by atoms with Gasteiger partial charge in [0, 0.05) is 5.56 Å². The van der Waals surface area contributed by atoms with Crippen molar-refractivity contribution >= 4 is 17.9 Å². The van der Waals surface area contributed by atoms with Gasteiger partial charge in [-0.3, -0.25) is 0 Å². The number of rotatable bonds is 5. The van der Waals surface area contributed by atoms with Gasteiger partial charge in [-0.1, -0.05) is 6.07 Å². The Hall–Kier alpha value is -3.28. The zero-order chi connectivity index (χ0) is 18.7. The Balaban J connectivity index is 1.93. The molecule has 26 heavy (non-hydrogen) atoms. The van der Waals surface area contributed by atoms with Crippen molar-refractivity contribution in [3.8, 4) is 17.2 Å². The van der Waals surface area contributed by atoms with Gasteiger partial charge in [0.2, 0.25) is 5.90 Å². The first-order valence-corrected chi connectivity index (χ1v) is 7.95. The molecule has 3 rings (SSSR count). The zero-order valence-corrected chi connectivity index (χ0v) is 15.0. The molecule has 1 heterocycles. The van der Waals surface area contributed by atoms with Crippen LogP contribution in [0.1, 0.15) is 16.7 Å². The summed E-state index contributed by atoms with van der Waals surface area (Å²) in [7, 11) is 4.72. The number of carbonyl (C=O) groups excluding carboxylic acids is 1. The normalized spacial score (nSPS) is 14.8. The van der Waals surface area contributed by atoms with Gasteiger partial charge < -0.3 is 18.9 Å². The molecule has 134 valence electrons. The Bertz CT molecular complexity index is 914. The van der Waals surface area contributed by atoms with E-state index in [-0.39, 0.29) is 11.6 Å². The molecule has 0 N–H and O–H groups in total. The quantitative estimate of drug-likeness (QED) is 0.609. The van der Waals surface area contributed by atoms with Gasteiger partial charge in [-0.25, -0.2) is 9.79 Å². The molecule has 1 aliphatic heterocycles. The van der Waals surface area contributed by atoms with Gasteiger partial charge >= 0.3 is 5.97 Å². The fraction of sp³-hybridized carbons (Fsp3) is 0.200. The van der Waals surface area contributed by atoms with E-state index < -0.39 is 5.97 Å². The lowest BCUT2D eigenvalue weighted by Crippen LogP contribution is -2.06. The Morgan fingerprint density at radius 2 is 1.62 bits per heavy atom. The number of aliphatic imine (C=N–C) groups is 1. The number of ether oxygens (including phenoxy) is 4. The zero-order valence-electron chi connectivity index (χ0n) is 15.0. The summed E-state index contributed by atoms with van der Waals surface area (Å²) in [6, 6.07) is 10.8. The summed E-state index contributed by atoms with van der Waals surface area (Å²) in [5.41, 5.74) is 2.68. The van der Waals surface area contributed by atoms with E-state index in [0.29, 0.717) is 17.1 Å². The second-order valence-electron chi connectivity index (χ2n) is 5.63. The molecule has 1 aliphatic rings. The molecular formula is C20H19NO5. The number of nitrogens with zero attached hydrogens (tertiary/aromatic N) is 1. The molecule has 0 aliphatic carbocycles. The Morgan fingerprint density at radius 3 is 2.27 bits per heavy atom. The number of hydrogen-bond donors (Lipinski definition) is 0. The molecule has 0 bridgehead atoms. The molecule has 0 radical (unpaired) electrons. The van der Waals surface area contributed by atoms with Crippen molar-refractivity contribution in [1.29, 1.82) is 0 Å². The van der Waals surface area contributed by atoms with Crippen LogP contribution in [-0.2, 0) is 9.53 Å². The molecule has 6 nitrogen and oxygen atoms in total. The fourth-order valence-corrected chi connectivity index (χ4v) is 2.65. The number of carbonyl (C=O) groups is 1. The molecule has 0 amide bonds. The van der Waals surface area contributed by atoms with Crippen LogP contribution in [0.5, 0.6) is 17.2 Å². The van der Waals surface area contributed by atoms with Crippen molar-refractivity contribution in [2.45, 2.75) is 6.92 Å². The van der Waals surface area contributed by atoms with E-state index in [1.54, 1.807) is 45.6 Å². The summed E-state index contributed by atoms with van der Waals surface area (Å²) >= 11 is 0. The van der Waals surface area contributed by atoms with Crippen LogP contribution in [-0.4, -0.2) is 33.2 Å². The van der Waals surface area contributed by atoms with Crippen LogP contribution >= 0.6 is 0 Å². The third-order valence-corrected chi connectivity index (χ3v) is 3.97. The highest BCUT2D eigenvalue weighted by atomic mass is 16.6. The maximum absolute atomic E-state index is 12.2. The lowest BCUT2D eigenvalue weighted by molar-refractivity contribution is -0.129. The Morgan fingerprint density at radius 1 is 0.923 bits per heavy atom. The molecule has 2 aromatic carbocycles. The molecule has 0 spiro atoms. The van der Waals surface area contributed by atoms with E-state index in [4.69, 9.17) is 18.9 Å². The third-order valence-electron chi connectivity index (χ3n) is 3.97. The van der Waals surface area contributed by atoms with E-state index in [9.17, 15) is 4.79 Å². The van der Waals surface area contributed by atoms with Crippen molar-refractivity contribution in [3.63, 3.8) is 0 Å². The predicted molar refractivity (Wildman–Crippen MR) is 97.9 cm³/mol. The number of aryl methyl sites for hydroxylation is 1. The van der Waals surface area contributed by atoms with Crippen molar-refractivity contribution < 1.29 is 23.7 Å². The molecule has 2 aromatic rings. The predicted octanol–water partition coefficient (Wildman–Crippen LogP) is 3.37. The van der Waals surface area contributed by atoms with E-state index in [1.165, 1.54) is 0 Å². The highest BCUT2D eigenvalue weighted by Crippen LogP contribution is 2.29. The summed E-state index contributed by atoms with van der Waals surface area (Å²) in [6.45, 7) is 1.94. The van der Waals surface area contributed by atoms with Crippen molar-refractivity contribution in [1.82, 2.24) is 0 Å². The number of cyclic esters (lactones) is 1. The lowest BCUT2D eigenvalue weighted by atomic mass is 10.1. The van der Waals surface area contributed by atoms with Gasteiger partial charge in [0.05, 0.1) is 21.3 Å². The molecule has 0 fully saturated rings. The van der Waals surface area contributed by atoms with E-state index >= 15 is 0 Å². The molecular weight excluding hydrogens is 334 g/mol. The molecule has 0 atom stereocenters.